The lowest BCUT2D eigenvalue weighted by molar-refractivity contribution is 0.190. The summed E-state index contributed by atoms with van der Waals surface area (Å²) in [6, 6.07) is 0.401. The monoisotopic (exact) mass is 168 g/mol. The summed E-state index contributed by atoms with van der Waals surface area (Å²) in [5.74, 6) is 2.59. The molecule has 12 heavy (non-hydrogen) atoms. The van der Waals surface area contributed by atoms with Gasteiger partial charge in [-0.15, -0.1) is 6.42 Å². The number of aliphatic hydroxyl groups excluding tert-OH is 1. The SMILES string of the molecule is C#CCN(C)CC1CC(O)CN1. The van der Waals surface area contributed by atoms with Crippen LogP contribution >= 0.6 is 0 Å². The second-order valence-electron chi connectivity index (χ2n) is 3.40. The predicted molar refractivity (Wildman–Crippen MR) is 48.7 cm³/mol. The average Bonchev–Trinajstić information content (AvgIpc) is 2.36. The molecule has 0 aromatic heterocycles. The van der Waals surface area contributed by atoms with Crippen molar-refractivity contribution < 1.29 is 5.11 Å². The van der Waals surface area contributed by atoms with Crippen LogP contribution in [0, 0.1) is 12.3 Å². The van der Waals surface area contributed by atoms with Crippen LogP contribution in [0.3, 0.4) is 0 Å². The lowest BCUT2D eigenvalue weighted by Crippen LogP contribution is -2.35. The van der Waals surface area contributed by atoms with Crippen LogP contribution in [0.5, 0.6) is 0 Å². The third kappa shape index (κ3) is 2.82. The summed E-state index contributed by atoms with van der Waals surface area (Å²) >= 11 is 0. The minimum atomic E-state index is -0.172. The van der Waals surface area contributed by atoms with Crippen molar-refractivity contribution in [3.8, 4) is 12.3 Å². The van der Waals surface area contributed by atoms with Gasteiger partial charge in [0.15, 0.2) is 0 Å². The highest BCUT2D eigenvalue weighted by molar-refractivity contribution is 4.90. The van der Waals surface area contributed by atoms with E-state index >= 15 is 0 Å². The van der Waals surface area contributed by atoms with Gasteiger partial charge in [0.1, 0.15) is 0 Å². The van der Waals surface area contributed by atoms with E-state index in [2.05, 4.69) is 16.1 Å². The quantitative estimate of drug-likeness (QED) is 0.546. The fraction of sp³-hybridized carbons (Fsp3) is 0.778. The topological polar surface area (TPSA) is 35.5 Å². The number of hydrogen-bond acceptors (Lipinski definition) is 3. The Labute approximate surface area is 73.8 Å². The highest BCUT2D eigenvalue weighted by Crippen LogP contribution is 2.06. The van der Waals surface area contributed by atoms with E-state index in [0.717, 1.165) is 13.0 Å². The summed E-state index contributed by atoms with van der Waals surface area (Å²) in [6.07, 6.45) is 5.84. The summed E-state index contributed by atoms with van der Waals surface area (Å²) in [4.78, 5) is 2.08. The first-order chi connectivity index (χ1) is 5.72. The summed E-state index contributed by atoms with van der Waals surface area (Å²) in [5, 5.41) is 12.5. The van der Waals surface area contributed by atoms with Crippen molar-refractivity contribution in [1.82, 2.24) is 10.2 Å². The van der Waals surface area contributed by atoms with Crippen molar-refractivity contribution in [2.75, 3.05) is 26.7 Å². The summed E-state index contributed by atoms with van der Waals surface area (Å²) in [6.45, 7) is 2.31. The first-order valence-electron chi connectivity index (χ1n) is 4.26. The van der Waals surface area contributed by atoms with Gasteiger partial charge >= 0.3 is 0 Å². The molecule has 0 radical (unpaired) electrons. The zero-order valence-corrected chi connectivity index (χ0v) is 7.45. The summed E-state index contributed by atoms with van der Waals surface area (Å²) < 4.78 is 0. The Balaban J connectivity index is 2.19. The maximum atomic E-state index is 9.22. The fourth-order valence-corrected chi connectivity index (χ4v) is 1.53. The Morgan fingerprint density at radius 1 is 1.75 bits per heavy atom. The molecule has 0 aliphatic carbocycles. The Morgan fingerprint density at radius 2 is 2.50 bits per heavy atom. The Hall–Kier alpha value is -0.560. The van der Waals surface area contributed by atoms with Gasteiger partial charge in [-0.1, -0.05) is 5.92 Å². The van der Waals surface area contributed by atoms with E-state index < -0.39 is 0 Å². The molecule has 3 heteroatoms. The second kappa shape index (κ2) is 4.46. The number of nitrogens with one attached hydrogen (secondary N) is 1. The van der Waals surface area contributed by atoms with Gasteiger partial charge in [-0.25, -0.2) is 0 Å². The number of nitrogens with zero attached hydrogens (tertiary/aromatic N) is 1. The molecule has 1 fully saturated rings. The lowest BCUT2D eigenvalue weighted by Gasteiger charge is -2.18. The van der Waals surface area contributed by atoms with Crippen LogP contribution < -0.4 is 5.32 Å². The van der Waals surface area contributed by atoms with Gasteiger partial charge in [0.25, 0.3) is 0 Å². The number of rotatable bonds is 3. The smallest absolute Gasteiger partial charge is 0.0680 e. The third-order valence-electron chi connectivity index (χ3n) is 2.09. The van der Waals surface area contributed by atoms with E-state index in [1.54, 1.807) is 0 Å². The molecule has 0 aromatic rings. The Morgan fingerprint density at radius 3 is 3.00 bits per heavy atom. The van der Waals surface area contributed by atoms with Crippen LogP contribution in [0.4, 0.5) is 0 Å². The van der Waals surface area contributed by atoms with Gasteiger partial charge in [0.05, 0.1) is 12.6 Å². The number of hydrogen-bond donors (Lipinski definition) is 2. The van der Waals surface area contributed by atoms with E-state index in [1.165, 1.54) is 0 Å². The highest BCUT2D eigenvalue weighted by atomic mass is 16.3. The van der Waals surface area contributed by atoms with Crippen LogP contribution in [0.1, 0.15) is 6.42 Å². The molecule has 0 aromatic carbocycles. The van der Waals surface area contributed by atoms with Crippen LogP contribution in [0.15, 0.2) is 0 Å². The largest absolute Gasteiger partial charge is 0.392 e. The molecule has 0 bridgehead atoms. The highest BCUT2D eigenvalue weighted by Gasteiger charge is 2.22. The van der Waals surface area contributed by atoms with Crippen molar-refractivity contribution in [3.63, 3.8) is 0 Å². The van der Waals surface area contributed by atoms with Crippen molar-refractivity contribution in [2.45, 2.75) is 18.6 Å². The lowest BCUT2D eigenvalue weighted by atomic mass is 10.2. The van der Waals surface area contributed by atoms with Crippen molar-refractivity contribution in [3.05, 3.63) is 0 Å². The molecule has 3 nitrogen and oxygen atoms in total. The minimum Gasteiger partial charge on any atom is -0.392 e. The number of likely N-dealkylation sites (N-methyl/N-ethyl adjacent to an activating group) is 1. The van der Waals surface area contributed by atoms with Gasteiger partial charge in [-0.2, -0.15) is 0 Å². The summed E-state index contributed by atoms with van der Waals surface area (Å²) in [7, 11) is 1.99. The number of terminal acetylenes is 1. The molecular formula is C9H16N2O. The molecule has 0 saturated carbocycles. The van der Waals surface area contributed by atoms with Gasteiger partial charge in [-0.3, -0.25) is 4.90 Å². The fourth-order valence-electron chi connectivity index (χ4n) is 1.53. The molecular weight excluding hydrogens is 152 g/mol. The molecule has 1 aliphatic heterocycles. The van der Waals surface area contributed by atoms with E-state index in [9.17, 15) is 5.11 Å². The van der Waals surface area contributed by atoms with Crippen molar-refractivity contribution in [2.24, 2.45) is 0 Å². The molecule has 2 unspecified atom stereocenters. The van der Waals surface area contributed by atoms with Gasteiger partial charge < -0.3 is 10.4 Å². The normalized spacial score (nSPS) is 29.2. The van der Waals surface area contributed by atoms with E-state index in [1.807, 2.05) is 7.05 Å². The first kappa shape index (κ1) is 9.53. The van der Waals surface area contributed by atoms with Gasteiger partial charge in [0, 0.05) is 19.1 Å². The maximum Gasteiger partial charge on any atom is 0.0680 e. The van der Waals surface area contributed by atoms with Crippen molar-refractivity contribution in [1.29, 1.82) is 0 Å². The molecule has 0 amide bonds. The Bertz CT molecular complexity index is 176. The second-order valence-corrected chi connectivity index (χ2v) is 3.40. The third-order valence-corrected chi connectivity index (χ3v) is 2.09. The number of β-amino-alcohol motifs (C(OH)–C–C–N with tert-alkyl or cyclic N) is 1. The molecule has 1 saturated heterocycles. The molecule has 1 rings (SSSR count). The first-order valence-corrected chi connectivity index (χ1v) is 4.26. The summed E-state index contributed by atoms with van der Waals surface area (Å²) in [5.41, 5.74) is 0. The maximum absolute atomic E-state index is 9.22. The van der Waals surface area contributed by atoms with Crippen LogP contribution in [-0.4, -0.2) is 48.8 Å². The van der Waals surface area contributed by atoms with E-state index in [-0.39, 0.29) is 6.10 Å². The molecule has 2 atom stereocenters. The molecule has 1 aliphatic rings. The van der Waals surface area contributed by atoms with Crippen molar-refractivity contribution >= 4 is 0 Å². The Kier molecular flexibility index (Phi) is 3.54. The standard InChI is InChI=1S/C9H16N2O/c1-3-4-11(2)7-8-5-9(12)6-10-8/h1,8-10,12H,4-7H2,2H3. The van der Waals surface area contributed by atoms with Gasteiger partial charge in [0.2, 0.25) is 0 Å². The van der Waals surface area contributed by atoms with E-state index in [0.29, 0.717) is 19.1 Å². The predicted octanol–water partition coefficient (Wildman–Crippen LogP) is -0.726. The zero-order valence-electron chi connectivity index (χ0n) is 7.45. The zero-order chi connectivity index (χ0) is 8.97. The van der Waals surface area contributed by atoms with Crippen LogP contribution in [0.2, 0.25) is 0 Å². The van der Waals surface area contributed by atoms with Crippen LogP contribution in [0.25, 0.3) is 0 Å². The number of aliphatic hydroxyl groups is 1. The van der Waals surface area contributed by atoms with Gasteiger partial charge in [-0.05, 0) is 13.5 Å². The molecule has 1 heterocycles. The minimum absolute atomic E-state index is 0.172. The van der Waals surface area contributed by atoms with E-state index in [4.69, 9.17) is 6.42 Å². The molecule has 2 N–H and O–H groups in total. The molecule has 0 spiro atoms. The molecule has 68 valence electrons. The average molecular weight is 168 g/mol. The van der Waals surface area contributed by atoms with Crippen LogP contribution in [-0.2, 0) is 0 Å².